The number of carbonyl (C=O) groups excluding carboxylic acids is 1. The fourth-order valence-corrected chi connectivity index (χ4v) is 2.59. The number of esters is 1. The van der Waals surface area contributed by atoms with Crippen LogP contribution in [-0.4, -0.2) is 25.2 Å². The largest absolute Gasteiger partial charge is 0.494 e. The fourth-order valence-electron chi connectivity index (χ4n) is 2.59. The second kappa shape index (κ2) is 6.58. The summed E-state index contributed by atoms with van der Waals surface area (Å²) < 4.78 is 10.1. The summed E-state index contributed by atoms with van der Waals surface area (Å²) in [5.41, 5.74) is 4.21. The van der Waals surface area contributed by atoms with Crippen molar-refractivity contribution in [3.8, 4) is 5.75 Å². The van der Waals surface area contributed by atoms with Crippen molar-refractivity contribution >= 4 is 28.2 Å². The zero-order valence-corrected chi connectivity index (χ0v) is 13.8. The van der Waals surface area contributed by atoms with Gasteiger partial charge in [0.1, 0.15) is 11.3 Å². The highest BCUT2D eigenvalue weighted by atomic mass is 16.5. The third-order valence-corrected chi connectivity index (χ3v) is 3.76. The van der Waals surface area contributed by atoms with Crippen LogP contribution in [0.15, 0.2) is 48.7 Å². The lowest BCUT2D eigenvalue weighted by molar-refractivity contribution is 0.0601. The van der Waals surface area contributed by atoms with Crippen molar-refractivity contribution in [2.75, 3.05) is 19.5 Å². The molecule has 0 aliphatic rings. The lowest BCUT2D eigenvalue weighted by Crippen LogP contribution is -2.01. The van der Waals surface area contributed by atoms with Gasteiger partial charge in [-0.25, -0.2) is 4.79 Å². The van der Waals surface area contributed by atoms with Gasteiger partial charge < -0.3 is 14.8 Å². The summed E-state index contributed by atoms with van der Waals surface area (Å²) in [5.74, 6) is 0.394. The fraction of sp³-hybridized carbons (Fsp3) is 0.158. The van der Waals surface area contributed by atoms with Gasteiger partial charge in [0.2, 0.25) is 0 Å². The van der Waals surface area contributed by atoms with Crippen molar-refractivity contribution in [2.45, 2.75) is 6.92 Å². The summed E-state index contributed by atoms with van der Waals surface area (Å²) in [6, 6.07) is 13.1. The molecule has 5 heteroatoms. The minimum absolute atomic E-state index is 0.351. The summed E-state index contributed by atoms with van der Waals surface area (Å²) in [5, 5.41) is 4.34. The van der Waals surface area contributed by atoms with Gasteiger partial charge in [0.25, 0.3) is 0 Å². The number of rotatable bonds is 4. The van der Waals surface area contributed by atoms with E-state index in [1.165, 1.54) is 7.11 Å². The number of aryl methyl sites for hydroxylation is 1. The second-order valence-corrected chi connectivity index (χ2v) is 5.42. The Morgan fingerprint density at radius 1 is 1.08 bits per heavy atom. The first kappa shape index (κ1) is 15.8. The van der Waals surface area contributed by atoms with Gasteiger partial charge in [-0.05, 0) is 55.0 Å². The number of fused-ring (bicyclic) bond motifs is 1. The molecule has 0 bridgehead atoms. The number of anilines is 2. The third kappa shape index (κ3) is 3.01. The van der Waals surface area contributed by atoms with Gasteiger partial charge in [-0.3, -0.25) is 4.98 Å². The van der Waals surface area contributed by atoms with Crippen molar-refractivity contribution in [1.29, 1.82) is 0 Å². The second-order valence-electron chi connectivity index (χ2n) is 5.42. The van der Waals surface area contributed by atoms with E-state index in [1.807, 2.05) is 31.2 Å². The maximum absolute atomic E-state index is 11.5. The third-order valence-electron chi connectivity index (χ3n) is 3.76. The van der Waals surface area contributed by atoms with E-state index in [1.54, 1.807) is 25.4 Å². The number of ether oxygens (including phenoxy) is 2. The van der Waals surface area contributed by atoms with Crippen LogP contribution in [0.2, 0.25) is 0 Å². The molecule has 0 spiro atoms. The number of hydrogen-bond acceptors (Lipinski definition) is 5. The number of aromatic nitrogens is 1. The zero-order chi connectivity index (χ0) is 17.1. The Labute approximate surface area is 140 Å². The molecular formula is C19H18N2O3. The minimum Gasteiger partial charge on any atom is -0.494 e. The molecule has 0 aliphatic heterocycles. The number of pyridine rings is 1. The molecule has 0 unspecified atom stereocenters. The van der Waals surface area contributed by atoms with E-state index in [0.29, 0.717) is 5.56 Å². The number of nitrogens with zero attached hydrogens (tertiary/aromatic N) is 1. The predicted molar refractivity (Wildman–Crippen MR) is 94.1 cm³/mol. The Kier molecular flexibility index (Phi) is 4.33. The highest BCUT2D eigenvalue weighted by Gasteiger charge is 2.09. The minimum atomic E-state index is -0.351. The quantitative estimate of drug-likeness (QED) is 0.733. The normalized spacial score (nSPS) is 10.5. The van der Waals surface area contributed by atoms with Crippen LogP contribution in [0.5, 0.6) is 5.75 Å². The van der Waals surface area contributed by atoms with Gasteiger partial charge >= 0.3 is 5.97 Å². The molecule has 0 aliphatic carbocycles. The molecule has 0 amide bonds. The highest BCUT2D eigenvalue weighted by Crippen LogP contribution is 2.32. The molecule has 0 fully saturated rings. The SMILES string of the molecule is COC(=O)c1ccc(Nc2ccnc3c(OC)cc(C)cc23)cc1. The molecule has 3 aromatic rings. The summed E-state index contributed by atoms with van der Waals surface area (Å²) in [7, 11) is 3.01. The molecule has 24 heavy (non-hydrogen) atoms. The molecule has 2 aromatic carbocycles. The molecular weight excluding hydrogens is 304 g/mol. The summed E-state index contributed by atoms with van der Waals surface area (Å²) in [4.78, 5) is 15.9. The van der Waals surface area contributed by atoms with Gasteiger partial charge in [-0.15, -0.1) is 0 Å². The molecule has 122 valence electrons. The van der Waals surface area contributed by atoms with E-state index in [-0.39, 0.29) is 5.97 Å². The lowest BCUT2D eigenvalue weighted by Gasteiger charge is -2.12. The lowest BCUT2D eigenvalue weighted by atomic mass is 10.1. The molecule has 5 nitrogen and oxygen atoms in total. The van der Waals surface area contributed by atoms with Crippen LogP contribution in [0.1, 0.15) is 15.9 Å². The Hall–Kier alpha value is -3.08. The van der Waals surface area contributed by atoms with Crippen LogP contribution in [0.3, 0.4) is 0 Å². The smallest absolute Gasteiger partial charge is 0.337 e. The monoisotopic (exact) mass is 322 g/mol. The molecule has 1 aromatic heterocycles. The van der Waals surface area contributed by atoms with Gasteiger partial charge in [-0.1, -0.05) is 0 Å². The Morgan fingerprint density at radius 3 is 2.50 bits per heavy atom. The van der Waals surface area contributed by atoms with Gasteiger partial charge in [0, 0.05) is 23.0 Å². The topological polar surface area (TPSA) is 60.5 Å². The van der Waals surface area contributed by atoms with Gasteiger partial charge in [0.05, 0.1) is 19.8 Å². The standard InChI is InChI=1S/C19H18N2O3/c1-12-10-15-16(8-9-20-18(15)17(11-12)23-2)21-14-6-4-13(5-7-14)19(22)24-3/h4-11H,1-3H3,(H,20,21). The van der Waals surface area contributed by atoms with Crippen LogP contribution >= 0.6 is 0 Å². The molecule has 0 saturated carbocycles. The molecule has 3 rings (SSSR count). The summed E-state index contributed by atoms with van der Waals surface area (Å²) in [6.07, 6.45) is 1.74. The van der Waals surface area contributed by atoms with E-state index in [4.69, 9.17) is 9.47 Å². The number of carbonyl (C=O) groups is 1. The number of methoxy groups -OCH3 is 2. The first-order chi connectivity index (χ1) is 11.6. The zero-order valence-electron chi connectivity index (χ0n) is 13.8. The van der Waals surface area contributed by atoms with E-state index in [9.17, 15) is 4.79 Å². The molecule has 0 radical (unpaired) electrons. The summed E-state index contributed by atoms with van der Waals surface area (Å²) in [6.45, 7) is 2.02. The van der Waals surface area contributed by atoms with Crippen molar-refractivity contribution in [3.63, 3.8) is 0 Å². The Balaban J connectivity index is 1.98. The van der Waals surface area contributed by atoms with E-state index < -0.39 is 0 Å². The number of nitrogens with one attached hydrogen (secondary N) is 1. The molecule has 1 heterocycles. The van der Waals surface area contributed by atoms with Crippen LogP contribution in [0.4, 0.5) is 11.4 Å². The Bertz CT molecular complexity index is 889. The number of hydrogen-bond donors (Lipinski definition) is 1. The van der Waals surface area contributed by atoms with Crippen molar-refractivity contribution in [3.05, 3.63) is 59.8 Å². The first-order valence-electron chi connectivity index (χ1n) is 7.51. The van der Waals surface area contributed by atoms with Crippen LogP contribution in [-0.2, 0) is 4.74 Å². The van der Waals surface area contributed by atoms with E-state index >= 15 is 0 Å². The predicted octanol–water partition coefficient (Wildman–Crippen LogP) is 4.08. The molecule has 1 N–H and O–H groups in total. The van der Waals surface area contributed by atoms with Crippen LogP contribution in [0, 0.1) is 6.92 Å². The maximum atomic E-state index is 11.5. The van der Waals surface area contributed by atoms with Crippen molar-refractivity contribution in [1.82, 2.24) is 4.98 Å². The van der Waals surface area contributed by atoms with Crippen LogP contribution < -0.4 is 10.1 Å². The first-order valence-corrected chi connectivity index (χ1v) is 7.51. The van der Waals surface area contributed by atoms with Crippen molar-refractivity contribution < 1.29 is 14.3 Å². The van der Waals surface area contributed by atoms with Gasteiger partial charge in [0.15, 0.2) is 0 Å². The average Bonchev–Trinajstić information content (AvgIpc) is 2.61. The Morgan fingerprint density at radius 2 is 1.83 bits per heavy atom. The van der Waals surface area contributed by atoms with E-state index in [0.717, 1.165) is 33.6 Å². The van der Waals surface area contributed by atoms with Crippen molar-refractivity contribution in [2.24, 2.45) is 0 Å². The maximum Gasteiger partial charge on any atom is 0.337 e. The summed E-state index contributed by atoms with van der Waals surface area (Å²) >= 11 is 0. The highest BCUT2D eigenvalue weighted by molar-refractivity contribution is 5.97. The van der Waals surface area contributed by atoms with Crippen LogP contribution in [0.25, 0.3) is 10.9 Å². The molecule has 0 atom stereocenters. The molecule has 0 saturated heterocycles. The number of benzene rings is 2. The van der Waals surface area contributed by atoms with E-state index in [2.05, 4.69) is 16.4 Å². The average molecular weight is 322 g/mol. The van der Waals surface area contributed by atoms with Gasteiger partial charge in [-0.2, -0.15) is 0 Å².